The van der Waals surface area contributed by atoms with Crippen LogP contribution in [-0.2, 0) is 16.0 Å². The van der Waals surface area contributed by atoms with Crippen LogP contribution >= 0.6 is 0 Å². The molecule has 2 aromatic heterocycles. The summed E-state index contributed by atoms with van der Waals surface area (Å²) in [5.74, 6) is 1.97. The fourth-order valence-electron chi connectivity index (χ4n) is 3.57. The molecule has 0 aliphatic carbocycles. The van der Waals surface area contributed by atoms with Crippen LogP contribution < -0.4 is 16.0 Å². The minimum atomic E-state index is -0.242. The first-order valence-corrected chi connectivity index (χ1v) is 8.92. The van der Waals surface area contributed by atoms with Gasteiger partial charge in [0.25, 0.3) is 0 Å². The topological polar surface area (TPSA) is 122 Å². The van der Waals surface area contributed by atoms with Gasteiger partial charge < -0.3 is 25.7 Å². The molecule has 4 heterocycles. The number of H-pyrrole nitrogens is 1. The molecule has 26 heavy (non-hydrogen) atoms. The summed E-state index contributed by atoms with van der Waals surface area (Å²) in [7, 11) is 0. The quantitative estimate of drug-likeness (QED) is 0.748. The smallest absolute Gasteiger partial charge is 0.229 e. The third kappa shape index (κ3) is 2.88. The molecule has 1 amide bonds. The Hall–Kier alpha value is -2.68. The van der Waals surface area contributed by atoms with E-state index in [1.165, 1.54) is 0 Å². The maximum Gasteiger partial charge on any atom is 0.229 e. The zero-order valence-electron chi connectivity index (χ0n) is 15.0. The molecule has 0 aromatic carbocycles. The third-order valence-corrected chi connectivity index (χ3v) is 4.89. The van der Waals surface area contributed by atoms with Crippen molar-refractivity contribution in [1.29, 1.82) is 0 Å². The Kier molecular flexibility index (Phi) is 4.23. The van der Waals surface area contributed by atoms with E-state index in [2.05, 4.69) is 25.3 Å². The molecule has 2 aromatic rings. The highest BCUT2D eigenvalue weighted by Crippen LogP contribution is 2.40. The Morgan fingerprint density at radius 2 is 2.04 bits per heavy atom. The summed E-state index contributed by atoms with van der Waals surface area (Å²) in [6.07, 6.45) is 1.08. The number of aryl methyl sites for hydroxylation is 2. The van der Waals surface area contributed by atoms with Crippen molar-refractivity contribution in [3.05, 3.63) is 22.8 Å². The number of anilines is 3. The fraction of sp³-hybridized carbons (Fsp3) is 0.529. The lowest BCUT2D eigenvalue weighted by atomic mass is 9.89. The summed E-state index contributed by atoms with van der Waals surface area (Å²) in [5.41, 5.74) is 8.85. The van der Waals surface area contributed by atoms with Gasteiger partial charge in [0.15, 0.2) is 0 Å². The van der Waals surface area contributed by atoms with Crippen molar-refractivity contribution in [2.45, 2.75) is 32.6 Å². The molecule has 9 nitrogen and oxygen atoms in total. The minimum Gasteiger partial charge on any atom is -0.383 e. The van der Waals surface area contributed by atoms with Gasteiger partial charge in [-0.3, -0.25) is 4.79 Å². The molecule has 0 spiro atoms. The van der Waals surface area contributed by atoms with Gasteiger partial charge in [-0.1, -0.05) is 6.92 Å². The molecule has 4 rings (SSSR count). The molecule has 2 aliphatic rings. The third-order valence-electron chi connectivity index (χ3n) is 4.89. The first-order valence-electron chi connectivity index (χ1n) is 8.92. The molecule has 2 aliphatic heterocycles. The molecule has 0 radical (unpaired) electrons. The van der Waals surface area contributed by atoms with Crippen molar-refractivity contribution in [2.75, 3.05) is 42.3 Å². The van der Waals surface area contributed by atoms with E-state index in [1.54, 1.807) is 0 Å². The monoisotopic (exact) mass is 357 g/mol. The number of aromatic nitrogens is 4. The van der Waals surface area contributed by atoms with Crippen molar-refractivity contribution in [2.24, 2.45) is 0 Å². The second-order valence-electron chi connectivity index (χ2n) is 6.62. The minimum absolute atomic E-state index is 0.0889. The lowest BCUT2D eigenvalue weighted by molar-refractivity contribution is -0.116. The highest BCUT2D eigenvalue weighted by molar-refractivity contribution is 5.95. The zero-order chi connectivity index (χ0) is 18.3. The summed E-state index contributed by atoms with van der Waals surface area (Å²) in [6, 6.07) is 0. The van der Waals surface area contributed by atoms with Crippen LogP contribution in [0.5, 0.6) is 0 Å². The van der Waals surface area contributed by atoms with Gasteiger partial charge in [0, 0.05) is 43.1 Å². The van der Waals surface area contributed by atoms with Crippen LogP contribution in [0.1, 0.15) is 42.0 Å². The van der Waals surface area contributed by atoms with Crippen molar-refractivity contribution in [3.8, 4) is 0 Å². The standard InChI is InChI=1S/C17H23N7O2/c1-3-11-19-9(2)14(20-11)10-8-12(25)21-16-13(10)15(18)22-17(23-16)24-4-6-26-7-5-24/h10H,3-8H2,1-2H3,(H,19,20)(H3,18,21,22,23,25). The summed E-state index contributed by atoms with van der Waals surface area (Å²) < 4.78 is 5.37. The second-order valence-corrected chi connectivity index (χ2v) is 6.62. The normalized spacial score (nSPS) is 20.0. The lowest BCUT2D eigenvalue weighted by Crippen LogP contribution is -2.38. The molecule has 0 bridgehead atoms. The van der Waals surface area contributed by atoms with E-state index in [1.807, 2.05) is 18.7 Å². The van der Waals surface area contributed by atoms with Crippen molar-refractivity contribution in [1.82, 2.24) is 19.9 Å². The highest BCUT2D eigenvalue weighted by atomic mass is 16.5. The van der Waals surface area contributed by atoms with Gasteiger partial charge >= 0.3 is 0 Å². The maximum atomic E-state index is 12.3. The Morgan fingerprint density at radius 1 is 1.27 bits per heavy atom. The number of nitrogens with two attached hydrogens (primary N) is 1. The number of carbonyl (C=O) groups excluding carboxylic acids is 1. The van der Waals surface area contributed by atoms with Gasteiger partial charge in [0.05, 0.1) is 18.9 Å². The van der Waals surface area contributed by atoms with Gasteiger partial charge in [-0.15, -0.1) is 0 Å². The number of rotatable bonds is 3. The lowest BCUT2D eigenvalue weighted by Gasteiger charge is -2.30. The molecule has 1 unspecified atom stereocenters. The van der Waals surface area contributed by atoms with Gasteiger partial charge in [-0.25, -0.2) is 4.98 Å². The average molecular weight is 357 g/mol. The number of carbonyl (C=O) groups is 1. The highest BCUT2D eigenvalue weighted by Gasteiger charge is 2.34. The van der Waals surface area contributed by atoms with Gasteiger partial charge in [0.2, 0.25) is 11.9 Å². The number of aromatic amines is 1. The van der Waals surface area contributed by atoms with E-state index >= 15 is 0 Å². The first kappa shape index (κ1) is 16.8. The Bertz CT molecular complexity index is 842. The van der Waals surface area contributed by atoms with E-state index in [-0.39, 0.29) is 18.2 Å². The molecule has 9 heteroatoms. The largest absolute Gasteiger partial charge is 0.383 e. The molecule has 4 N–H and O–H groups in total. The van der Waals surface area contributed by atoms with E-state index < -0.39 is 0 Å². The van der Waals surface area contributed by atoms with Gasteiger partial charge in [-0.05, 0) is 6.92 Å². The number of ether oxygens (including phenoxy) is 1. The Labute approximate surface area is 151 Å². The summed E-state index contributed by atoms with van der Waals surface area (Å²) in [4.78, 5) is 31.4. The van der Waals surface area contributed by atoms with Crippen LogP contribution in [0, 0.1) is 6.92 Å². The van der Waals surface area contributed by atoms with E-state index in [0.717, 1.165) is 29.2 Å². The molecule has 1 fully saturated rings. The number of nitrogen functional groups attached to an aromatic ring is 1. The summed E-state index contributed by atoms with van der Waals surface area (Å²) in [6.45, 7) is 6.66. The number of amides is 1. The number of imidazole rings is 1. The van der Waals surface area contributed by atoms with Crippen LogP contribution in [0.3, 0.4) is 0 Å². The second kappa shape index (κ2) is 6.56. The predicted octanol–water partition coefficient (Wildman–Crippen LogP) is 0.963. The number of hydrogen-bond donors (Lipinski definition) is 3. The molecule has 1 atom stereocenters. The number of fused-ring (bicyclic) bond motifs is 1. The number of nitrogens with one attached hydrogen (secondary N) is 2. The Morgan fingerprint density at radius 3 is 2.73 bits per heavy atom. The SMILES string of the molecule is CCc1nc(C2CC(=O)Nc3nc(N4CCOCC4)nc(N)c32)c(C)[nH]1. The van der Waals surface area contributed by atoms with Crippen LogP contribution in [-0.4, -0.2) is 52.1 Å². The van der Waals surface area contributed by atoms with Crippen molar-refractivity contribution in [3.63, 3.8) is 0 Å². The zero-order valence-corrected chi connectivity index (χ0v) is 15.0. The van der Waals surface area contributed by atoms with E-state index in [9.17, 15) is 4.79 Å². The van der Waals surface area contributed by atoms with Gasteiger partial charge in [-0.2, -0.15) is 9.97 Å². The molecule has 1 saturated heterocycles. The molecular weight excluding hydrogens is 334 g/mol. The maximum absolute atomic E-state index is 12.3. The predicted molar refractivity (Wildman–Crippen MR) is 97.3 cm³/mol. The van der Waals surface area contributed by atoms with Crippen molar-refractivity contribution < 1.29 is 9.53 Å². The number of morpholine rings is 1. The molecular formula is C17H23N7O2. The number of nitrogens with zero attached hydrogens (tertiary/aromatic N) is 4. The van der Waals surface area contributed by atoms with Crippen molar-refractivity contribution >= 4 is 23.5 Å². The van der Waals surface area contributed by atoms with Crippen LogP contribution in [0.2, 0.25) is 0 Å². The molecule has 0 saturated carbocycles. The van der Waals surface area contributed by atoms with Gasteiger partial charge in [0.1, 0.15) is 17.5 Å². The van der Waals surface area contributed by atoms with Crippen LogP contribution in [0.15, 0.2) is 0 Å². The average Bonchev–Trinajstić information content (AvgIpc) is 3.02. The fourth-order valence-corrected chi connectivity index (χ4v) is 3.57. The van der Waals surface area contributed by atoms with Crippen LogP contribution in [0.25, 0.3) is 0 Å². The summed E-state index contributed by atoms with van der Waals surface area (Å²) in [5, 5.41) is 2.85. The first-order chi connectivity index (χ1) is 12.6. The van der Waals surface area contributed by atoms with E-state index in [0.29, 0.717) is 43.9 Å². The summed E-state index contributed by atoms with van der Waals surface area (Å²) >= 11 is 0. The van der Waals surface area contributed by atoms with Crippen LogP contribution in [0.4, 0.5) is 17.6 Å². The Balaban J connectivity index is 1.77. The number of hydrogen-bond acceptors (Lipinski definition) is 7. The van der Waals surface area contributed by atoms with E-state index in [4.69, 9.17) is 10.5 Å². The molecule has 138 valence electrons.